The summed E-state index contributed by atoms with van der Waals surface area (Å²) in [5, 5.41) is 0. The molecule has 114 valence electrons. The van der Waals surface area contributed by atoms with Gasteiger partial charge in [0.25, 0.3) is 0 Å². The molecule has 1 aromatic rings. The van der Waals surface area contributed by atoms with Crippen molar-refractivity contribution < 1.29 is 19.1 Å². The molecule has 22 heavy (non-hydrogen) atoms. The van der Waals surface area contributed by atoms with Crippen LogP contribution in [0.1, 0.15) is 30.9 Å². The van der Waals surface area contributed by atoms with Gasteiger partial charge in [-0.15, -0.1) is 0 Å². The Morgan fingerprint density at radius 1 is 1.27 bits per heavy atom. The highest BCUT2D eigenvalue weighted by molar-refractivity contribution is 5.88. The molecule has 0 aliphatic carbocycles. The van der Waals surface area contributed by atoms with Gasteiger partial charge in [-0.3, -0.25) is 9.59 Å². The van der Waals surface area contributed by atoms with Crippen LogP contribution in [0.2, 0.25) is 0 Å². The Labute approximate surface area is 128 Å². The number of ether oxygens (including phenoxy) is 2. The second-order valence-corrected chi connectivity index (χ2v) is 6.03. The number of hydrogen-bond donors (Lipinski definition) is 0. The maximum absolute atomic E-state index is 12.3. The molecule has 0 N–H and O–H groups in total. The minimum atomic E-state index is -0.517. The minimum absolute atomic E-state index is 0.0125. The van der Waals surface area contributed by atoms with E-state index in [4.69, 9.17) is 9.47 Å². The number of hydrogen-bond acceptors (Lipinski definition) is 4. The maximum atomic E-state index is 12.3. The highest BCUT2D eigenvalue weighted by Crippen LogP contribution is 2.48. The Bertz CT molecular complexity index is 709. The minimum Gasteiger partial charge on any atom is -0.454 e. The zero-order chi connectivity index (χ0) is 15.3. The van der Waals surface area contributed by atoms with Gasteiger partial charge in [-0.05, 0) is 49.1 Å². The highest BCUT2D eigenvalue weighted by Gasteiger charge is 2.48. The highest BCUT2D eigenvalue weighted by atomic mass is 16.7. The zero-order valence-electron chi connectivity index (χ0n) is 12.4. The first-order valence-electron chi connectivity index (χ1n) is 7.53. The Hall–Kier alpha value is -2.30. The van der Waals surface area contributed by atoms with E-state index >= 15 is 0 Å². The second kappa shape index (κ2) is 4.60. The standard InChI is InChI=1S/C17H17NO4/c1-11(19)2-5-17-6-3-16(20)18(17)7-4-12-8-14-15(9-13(12)17)22-10-21-14/h2,5,8-9H,3-4,6-7,10H2,1H3/b5-2+. The fourth-order valence-corrected chi connectivity index (χ4v) is 3.74. The third-order valence-corrected chi connectivity index (χ3v) is 4.77. The summed E-state index contributed by atoms with van der Waals surface area (Å²) in [5.74, 6) is 1.62. The van der Waals surface area contributed by atoms with Crippen molar-refractivity contribution in [2.45, 2.75) is 31.7 Å². The molecule has 0 saturated carbocycles. The predicted molar refractivity (Wildman–Crippen MR) is 78.7 cm³/mol. The third-order valence-electron chi connectivity index (χ3n) is 4.77. The fourth-order valence-electron chi connectivity index (χ4n) is 3.74. The number of ketones is 1. The van der Waals surface area contributed by atoms with E-state index in [1.54, 1.807) is 6.08 Å². The fraction of sp³-hybridized carbons (Fsp3) is 0.412. The SMILES string of the molecule is CC(=O)/C=C/C12CCC(=O)N1CCc1cc3c(cc12)OCO3. The van der Waals surface area contributed by atoms with Crippen molar-refractivity contribution in [2.75, 3.05) is 13.3 Å². The average molecular weight is 299 g/mol. The second-order valence-electron chi connectivity index (χ2n) is 6.03. The lowest BCUT2D eigenvalue weighted by molar-refractivity contribution is -0.130. The first kappa shape index (κ1) is 13.4. The lowest BCUT2D eigenvalue weighted by atomic mass is 9.79. The van der Waals surface area contributed by atoms with Crippen LogP contribution in [0.15, 0.2) is 24.3 Å². The molecule has 5 nitrogen and oxygen atoms in total. The van der Waals surface area contributed by atoms with Crippen LogP contribution in [-0.4, -0.2) is 29.9 Å². The number of carbonyl (C=O) groups excluding carboxylic acids is 2. The van der Waals surface area contributed by atoms with E-state index in [2.05, 4.69) is 0 Å². The molecule has 3 aliphatic heterocycles. The molecule has 0 bridgehead atoms. The van der Waals surface area contributed by atoms with Gasteiger partial charge in [0.05, 0.1) is 5.54 Å². The summed E-state index contributed by atoms with van der Waals surface area (Å²) in [6.07, 6.45) is 5.47. The van der Waals surface area contributed by atoms with E-state index < -0.39 is 5.54 Å². The van der Waals surface area contributed by atoms with Gasteiger partial charge in [-0.25, -0.2) is 0 Å². The number of nitrogens with zero attached hydrogens (tertiary/aromatic N) is 1. The van der Waals surface area contributed by atoms with Crippen LogP contribution in [0.5, 0.6) is 11.5 Å². The summed E-state index contributed by atoms with van der Waals surface area (Å²) in [4.78, 5) is 25.6. The first-order chi connectivity index (χ1) is 10.6. The molecule has 4 rings (SSSR count). The molecule has 0 aromatic heterocycles. The van der Waals surface area contributed by atoms with Gasteiger partial charge in [0.1, 0.15) is 0 Å². The lowest BCUT2D eigenvalue weighted by Gasteiger charge is -2.42. The van der Waals surface area contributed by atoms with Gasteiger partial charge < -0.3 is 14.4 Å². The number of benzene rings is 1. The molecular formula is C17H17NO4. The van der Waals surface area contributed by atoms with Crippen LogP contribution in [0.25, 0.3) is 0 Å². The van der Waals surface area contributed by atoms with Crippen LogP contribution in [0.3, 0.4) is 0 Å². The van der Waals surface area contributed by atoms with Gasteiger partial charge in [-0.1, -0.05) is 6.08 Å². The summed E-state index contributed by atoms with van der Waals surface area (Å²) in [6.45, 7) is 2.43. The average Bonchev–Trinajstić information content (AvgIpc) is 3.08. The van der Waals surface area contributed by atoms with E-state index in [0.29, 0.717) is 19.4 Å². The van der Waals surface area contributed by atoms with Crippen LogP contribution in [0.4, 0.5) is 0 Å². The van der Waals surface area contributed by atoms with Gasteiger partial charge in [0.15, 0.2) is 17.3 Å². The number of allylic oxidation sites excluding steroid dienone is 1. The van der Waals surface area contributed by atoms with E-state index in [-0.39, 0.29) is 18.5 Å². The van der Waals surface area contributed by atoms with E-state index in [1.807, 2.05) is 23.1 Å². The van der Waals surface area contributed by atoms with Crippen molar-refractivity contribution in [1.82, 2.24) is 4.90 Å². The molecule has 5 heteroatoms. The van der Waals surface area contributed by atoms with Crippen LogP contribution in [0, 0.1) is 0 Å². The smallest absolute Gasteiger partial charge is 0.231 e. The summed E-state index contributed by atoms with van der Waals surface area (Å²) in [6, 6.07) is 3.99. The Morgan fingerprint density at radius 3 is 2.82 bits per heavy atom. The molecule has 0 spiro atoms. The molecule has 3 aliphatic rings. The summed E-state index contributed by atoms with van der Waals surface area (Å²) < 4.78 is 10.9. The molecule has 0 radical (unpaired) electrons. The normalized spacial score (nSPS) is 25.5. The Morgan fingerprint density at radius 2 is 2.05 bits per heavy atom. The molecule has 1 aromatic carbocycles. The summed E-state index contributed by atoms with van der Waals surface area (Å²) in [7, 11) is 0. The van der Waals surface area contributed by atoms with Crippen molar-refractivity contribution in [3.63, 3.8) is 0 Å². The van der Waals surface area contributed by atoms with Crippen LogP contribution < -0.4 is 9.47 Å². The monoisotopic (exact) mass is 299 g/mol. The van der Waals surface area contributed by atoms with Gasteiger partial charge in [0, 0.05) is 13.0 Å². The molecular weight excluding hydrogens is 282 g/mol. The van der Waals surface area contributed by atoms with Gasteiger partial charge >= 0.3 is 0 Å². The van der Waals surface area contributed by atoms with Crippen molar-refractivity contribution in [3.8, 4) is 11.5 Å². The van der Waals surface area contributed by atoms with E-state index in [0.717, 1.165) is 23.5 Å². The summed E-state index contributed by atoms with van der Waals surface area (Å²) >= 11 is 0. The zero-order valence-corrected chi connectivity index (χ0v) is 12.4. The number of fused-ring (bicyclic) bond motifs is 4. The first-order valence-corrected chi connectivity index (χ1v) is 7.53. The molecule has 3 heterocycles. The predicted octanol–water partition coefficient (Wildman–Crippen LogP) is 1.93. The molecule has 1 unspecified atom stereocenters. The topological polar surface area (TPSA) is 55.8 Å². The Balaban J connectivity index is 1.89. The molecule has 1 fully saturated rings. The molecule has 1 amide bonds. The number of rotatable bonds is 2. The lowest BCUT2D eigenvalue weighted by Crippen LogP contribution is -2.47. The van der Waals surface area contributed by atoms with Crippen molar-refractivity contribution in [2.24, 2.45) is 0 Å². The molecule has 1 saturated heterocycles. The van der Waals surface area contributed by atoms with Gasteiger partial charge in [-0.2, -0.15) is 0 Å². The Kier molecular flexibility index (Phi) is 2.79. The third kappa shape index (κ3) is 1.78. The van der Waals surface area contributed by atoms with Crippen molar-refractivity contribution >= 4 is 11.7 Å². The summed E-state index contributed by atoms with van der Waals surface area (Å²) in [5.41, 5.74) is 1.71. The van der Waals surface area contributed by atoms with E-state index in [9.17, 15) is 9.59 Å². The van der Waals surface area contributed by atoms with Crippen molar-refractivity contribution in [3.05, 3.63) is 35.4 Å². The maximum Gasteiger partial charge on any atom is 0.231 e. The van der Waals surface area contributed by atoms with Gasteiger partial charge in [0.2, 0.25) is 12.7 Å². The number of carbonyl (C=O) groups is 2. The molecule has 1 atom stereocenters. The quantitative estimate of drug-likeness (QED) is 0.783. The van der Waals surface area contributed by atoms with Crippen molar-refractivity contribution in [1.29, 1.82) is 0 Å². The number of amides is 1. The van der Waals surface area contributed by atoms with E-state index in [1.165, 1.54) is 12.5 Å². The van der Waals surface area contributed by atoms with Crippen LogP contribution in [-0.2, 0) is 21.5 Å². The largest absolute Gasteiger partial charge is 0.454 e. The van der Waals surface area contributed by atoms with Crippen LogP contribution >= 0.6 is 0 Å².